The van der Waals surface area contributed by atoms with Crippen LogP contribution in [0.4, 0.5) is 0 Å². The number of carbonyl (C=O) groups is 2. The van der Waals surface area contributed by atoms with E-state index >= 15 is 0 Å². The monoisotopic (exact) mass is 548 g/mol. The van der Waals surface area contributed by atoms with Gasteiger partial charge in [0.15, 0.2) is 0 Å². The maximum atomic E-state index is 12.6. The zero-order valence-corrected chi connectivity index (χ0v) is 21.4. The summed E-state index contributed by atoms with van der Waals surface area (Å²) in [7, 11) is 1.53. The lowest BCUT2D eigenvalue weighted by Gasteiger charge is -2.27. The number of halogens is 3. The molecule has 3 aromatic rings. The number of benzene rings is 3. The first kappa shape index (κ1) is 25.9. The van der Waals surface area contributed by atoms with Crippen molar-refractivity contribution in [1.82, 2.24) is 5.32 Å². The van der Waals surface area contributed by atoms with Crippen LogP contribution in [0.3, 0.4) is 0 Å². The Hall–Kier alpha value is -3.13. The maximum absolute atomic E-state index is 12.6. The van der Waals surface area contributed by atoms with Crippen molar-refractivity contribution < 1.29 is 28.9 Å². The Labute approximate surface area is 222 Å². The Balaban J connectivity index is 1.39. The Kier molecular flexibility index (Phi) is 8.14. The van der Waals surface area contributed by atoms with E-state index in [1.807, 2.05) is 0 Å². The van der Waals surface area contributed by atoms with Gasteiger partial charge < -0.3 is 29.4 Å². The number of amides is 1. The minimum Gasteiger partial charge on any atom is -0.549 e. The van der Waals surface area contributed by atoms with Gasteiger partial charge in [-0.15, -0.1) is 0 Å². The lowest BCUT2D eigenvalue weighted by molar-refractivity contribution is -0.308. The fourth-order valence-electron chi connectivity index (χ4n) is 3.92. The van der Waals surface area contributed by atoms with Crippen molar-refractivity contribution in [3.63, 3.8) is 0 Å². The summed E-state index contributed by atoms with van der Waals surface area (Å²) in [6, 6.07) is 12.9. The Morgan fingerprint density at radius 2 is 1.81 bits per heavy atom. The number of carboxylic acid groups (broad SMARTS) is 1. The highest BCUT2D eigenvalue weighted by Crippen LogP contribution is 2.41. The summed E-state index contributed by atoms with van der Waals surface area (Å²) >= 11 is 18.6. The molecule has 0 spiro atoms. The molecular weight excluding hydrogens is 529 g/mol. The largest absolute Gasteiger partial charge is 0.549 e. The van der Waals surface area contributed by atoms with E-state index < -0.39 is 11.9 Å². The lowest BCUT2D eigenvalue weighted by atomic mass is 9.93. The number of nitrogens with one attached hydrogen (secondary N) is 1. The van der Waals surface area contributed by atoms with Gasteiger partial charge in [0.1, 0.15) is 23.0 Å². The third-order valence-corrected chi connectivity index (χ3v) is 6.58. The fraction of sp³-hybridized carbons (Fsp3) is 0.231. The van der Waals surface area contributed by atoms with Crippen molar-refractivity contribution in [3.8, 4) is 23.0 Å². The number of fused-ring (bicyclic) bond motifs is 1. The number of aliphatic carboxylic acids is 1. The second kappa shape index (κ2) is 11.3. The molecule has 1 atom stereocenters. The van der Waals surface area contributed by atoms with Gasteiger partial charge in [-0.1, -0.05) is 34.8 Å². The normalized spacial score (nSPS) is 14.4. The molecule has 10 heteroatoms. The van der Waals surface area contributed by atoms with E-state index in [1.165, 1.54) is 13.2 Å². The van der Waals surface area contributed by atoms with Gasteiger partial charge in [0.25, 0.3) is 5.91 Å². The molecule has 0 saturated heterocycles. The topological polar surface area (TPSA) is 96.9 Å². The molecule has 1 amide bonds. The maximum Gasteiger partial charge on any atom is 0.251 e. The van der Waals surface area contributed by atoms with Crippen LogP contribution in [-0.2, 0) is 11.2 Å². The fourth-order valence-corrected chi connectivity index (χ4v) is 4.70. The summed E-state index contributed by atoms with van der Waals surface area (Å²) in [5.41, 5.74) is 1.65. The predicted octanol–water partition coefficient (Wildman–Crippen LogP) is 5.04. The predicted molar refractivity (Wildman–Crippen MR) is 135 cm³/mol. The third-order valence-electron chi connectivity index (χ3n) is 5.73. The van der Waals surface area contributed by atoms with Crippen LogP contribution < -0.4 is 24.6 Å². The molecule has 0 saturated carbocycles. The summed E-state index contributed by atoms with van der Waals surface area (Å²) in [5, 5.41) is 15.4. The molecule has 1 unspecified atom stereocenters. The number of carboxylic acids is 1. The van der Waals surface area contributed by atoms with E-state index in [2.05, 4.69) is 5.32 Å². The molecule has 7 nitrogen and oxygen atoms in total. The minimum atomic E-state index is -1.17. The molecule has 0 fully saturated rings. The highest BCUT2D eigenvalue weighted by atomic mass is 35.5. The quantitative estimate of drug-likeness (QED) is 0.423. The van der Waals surface area contributed by atoms with Crippen molar-refractivity contribution in [2.75, 3.05) is 20.3 Å². The number of hydrogen-bond acceptors (Lipinski definition) is 6. The number of carbonyl (C=O) groups excluding carboxylic acids is 2. The van der Waals surface area contributed by atoms with Crippen molar-refractivity contribution in [2.24, 2.45) is 0 Å². The third kappa shape index (κ3) is 5.81. The lowest BCUT2D eigenvalue weighted by Crippen LogP contribution is -2.33. The number of rotatable bonds is 8. The molecule has 188 valence electrons. The minimum absolute atomic E-state index is 0.239. The van der Waals surface area contributed by atoms with Crippen LogP contribution in [0.1, 0.15) is 33.8 Å². The molecule has 0 radical (unpaired) electrons. The highest BCUT2D eigenvalue weighted by Gasteiger charge is 2.25. The first-order valence-corrected chi connectivity index (χ1v) is 12.2. The van der Waals surface area contributed by atoms with Gasteiger partial charge in [-0.2, -0.15) is 0 Å². The van der Waals surface area contributed by atoms with Gasteiger partial charge >= 0.3 is 0 Å². The van der Waals surface area contributed by atoms with E-state index in [4.69, 9.17) is 49.0 Å². The van der Waals surface area contributed by atoms with E-state index in [9.17, 15) is 14.7 Å². The molecule has 0 aliphatic carbocycles. The first-order valence-electron chi connectivity index (χ1n) is 11.0. The molecular formula is C26H21Cl3NO6-. The Morgan fingerprint density at radius 1 is 1.06 bits per heavy atom. The molecule has 4 rings (SSSR count). The Morgan fingerprint density at radius 3 is 2.50 bits per heavy atom. The van der Waals surface area contributed by atoms with Crippen molar-refractivity contribution in [2.45, 2.75) is 18.8 Å². The van der Waals surface area contributed by atoms with Gasteiger partial charge in [-0.3, -0.25) is 4.79 Å². The van der Waals surface area contributed by atoms with Crippen molar-refractivity contribution in [1.29, 1.82) is 0 Å². The van der Waals surface area contributed by atoms with Gasteiger partial charge in [-0.25, -0.2) is 0 Å². The van der Waals surface area contributed by atoms with Crippen LogP contribution in [0.5, 0.6) is 23.0 Å². The van der Waals surface area contributed by atoms with E-state index in [-0.39, 0.29) is 17.5 Å². The second-order valence-corrected chi connectivity index (χ2v) is 9.28. The van der Waals surface area contributed by atoms with Crippen LogP contribution in [0.15, 0.2) is 48.5 Å². The molecule has 3 aromatic carbocycles. The summed E-state index contributed by atoms with van der Waals surface area (Å²) in [5.74, 6) is -0.519. The molecule has 1 heterocycles. The van der Waals surface area contributed by atoms with Gasteiger partial charge in [0.05, 0.1) is 18.7 Å². The van der Waals surface area contributed by atoms with Crippen LogP contribution in [0.25, 0.3) is 0 Å². The van der Waals surface area contributed by atoms with Crippen LogP contribution in [0, 0.1) is 0 Å². The zero-order valence-electron chi connectivity index (χ0n) is 19.1. The van der Waals surface area contributed by atoms with Crippen LogP contribution in [0.2, 0.25) is 15.1 Å². The summed E-state index contributed by atoms with van der Waals surface area (Å²) in [6.45, 7) is 0.597. The first-order chi connectivity index (χ1) is 17.3. The van der Waals surface area contributed by atoms with Gasteiger partial charge in [0.2, 0.25) is 0 Å². The van der Waals surface area contributed by atoms with Crippen LogP contribution >= 0.6 is 34.8 Å². The summed E-state index contributed by atoms with van der Waals surface area (Å²) < 4.78 is 16.8. The Bertz CT molecular complexity index is 1300. The molecule has 0 bridgehead atoms. The number of ether oxygens (including phenoxy) is 3. The van der Waals surface area contributed by atoms with Gasteiger partial charge in [-0.05, 0) is 55.3 Å². The van der Waals surface area contributed by atoms with E-state index in [0.717, 1.165) is 5.56 Å². The van der Waals surface area contributed by atoms with Crippen molar-refractivity contribution >= 4 is 46.7 Å². The number of hydrogen-bond donors (Lipinski definition) is 1. The average Bonchev–Trinajstić information content (AvgIpc) is 2.85. The molecule has 1 N–H and O–H groups in total. The summed E-state index contributed by atoms with van der Waals surface area (Å²) in [4.78, 5) is 24.0. The van der Waals surface area contributed by atoms with E-state index in [1.54, 1.807) is 42.5 Å². The van der Waals surface area contributed by atoms with Crippen LogP contribution in [-0.4, -0.2) is 32.1 Å². The highest BCUT2D eigenvalue weighted by molar-refractivity contribution is 6.35. The average molecular weight is 550 g/mol. The molecule has 36 heavy (non-hydrogen) atoms. The zero-order chi connectivity index (χ0) is 25.8. The van der Waals surface area contributed by atoms with Crippen molar-refractivity contribution in [3.05, 3.63) is 80.3 Å². The van der Waals surface area contributed by atoms with Gasteiger partial charge in [0, 0.05) is 51.2 Å². The molecule has 1 aliphatic rings. The molecule has 1 aliphatic heterocycles. The SMILES string of the molecule is COc1cc(Cl)cc(Cl)c1CCNC(=O)c1ccc(Oc2cc3c(cc2Cl)C(C(=O)[O-])CCO3)cc1. The molecule has 0 aromatic heterocycles. The smallest absolute Gasteiger partial charge is 0.251 e. The summed E-state index contributed by atoms with van der Waals surface area (Å²) in [6.07, 6.45) is 0.777. The van der Waals surface area contributed by atoms with E-state index in [0.29, 0.717) is 63.6 Å². The number of methoxy groups -OCH3 is 1. The standard InChI is InChI=1S/C26H22Cl3NO6/c1-34-22-11-15(27)10-20(28)18(22)6-8-30-25(31)14-2-4-16(5-3-14)36-24-13-23-19(12-21(24)29)17(26(32)33)7-9-35-23/h2-5,10-13,17H,6-9H2,1H3,(H,30,31)(H,32,33)/p-1. The second-order valence-electron chi connectivity index (χ2n) is 8.03.